The van der Waals surface area contributed by atoms with E-state index in [4.69, 9.17) is 0 Å². The van der Waals surface area contributed by atoms with E-state index < -0.39 is 8.07 Å². The molecule has 0 saturated heterocycles. The Hall–Kier alpha value is -1.69. The molecule has 0 fully saturated rings. The molecule has 0 atom stereocenters. The highest BCUT2D eigenvalue weighted by Crippen LogP contribution is 2.33. The molecular weight excluding hydrogens is 324 g/mol. The molecule has 2 aromatic rings. The third kappa shape index (κ3) is 5.16. The van der Waals surface area contributed by atoms with Crippen molar-refractivity contribution in [2.24, 2.45) is 0 Å². The summed E-state index contributed by atoms with van der Waals surface area (Å²) >= 11 is 1.79. The van der Waals surface area contributed by atoms with Crippen molar-refractivity contribution >= 4 is 24.7 Å². The van der Waals surface area contributed by atoms with Gasteiger partial charge in [0.05, 0.1) is 0 Å². The standard InChI is InChI=1S/C22H26SSi/c1-4-24(5-2,6-3)19-13-18-22(20-14-9-7-10-15-20)23-21-16-11-8-12-17-21/h7-12,14-18H,4-6H2,1-3H3/b22-18-. The molecule has 0 saturated carbocycles. The summed E-state index contributed by atoms with van der Waals surface area (Å²) in [6.45, 7) is 6.90. The molecule has 0 aromatic heterocycles. The quantitative estimate of drug-likeness (QED) is 0.311. The third-order valence-electron chi connectivity index (χ3n) is 4.60. The van der Waals surface area contributed by atoms with E-state index in [0.717, 1.165) is 0 Å². The Bertz CT molecular complexity index is 696. The molecule has 0 unspecified atom stereocenters. The number of thioether (sulfide) groups is 1. The molecule has 0 nitrogen and oxygen atoms in total. The lowest BCUT2D eigenvalue weighted by Crippen LogP contribution is -2.29. The van der Waals surface area contributed by atoms with Gasteiger partial charge in [-0.25, -0.2) is 0 Å². The van der Waals surface area contributed by atoms with Gasteiger partial charge in [-0.1, -0.05) is 87.0 Å². The molecule has 0 aliphatic rings. The summed E-state index contributed by atoms with van der Waals surface area (Å²) in [5.74, 6) is 3.43. The van der Waals surface area contributed by atoms with Crippen LogP contribution in [-0.4, -0.2) is 8.07 Å². The van der Waals surface area contributed by atoms with E-state index in [1.165, 1.54) is 33.5 Å². The number of hydrogen-bond acceptors (Lipinski definition) is 1. The van der Waals surface area contributed by atoms with Crippen molar-refractivity contribution in [2.75, 3.05) is 0 Å². The van der Waals surface area contributed by atoms with Crippen LogP contribution in [0.1, 0.15) is 26.3 Å². The van der Waals surface area contributed by atoms with Gasteiger partial charge in [0, 0.05) is 15.9 Å². The second kappa shape index (κ2) is 9.57. The SMILES string of the molecule is CC[Si](C#C/C=C(\Sc1ccccc1)c1ccccc1)(CC)CC. The maximum atomic E-state index is 3.67. The van der Waals surface area contributed by atoms with Crippen LogP contribution in [0, 0.1) is 11.5 Å². The first kappa shape index (κ1) is 18.6. The maximum absolute atomic E-state index is 3.67. The van der Waals surface area contributed by atoms with Crippen molar-refractivity contribution in [1.29, 1.82) is 0 Å². The topological polar surface area (TPSA) is 0 Å². The van der Waals surface area contributed by atoms with Crippen LogP contribution in [0.4, 0.5) is 0 Å². The number of hydrogen-bond donors (Lipinski definition) is 0. The van der Waals surface area contributed by atoms with Crippen LogP contribution in [-0.2, 0) is 0 Å². The molecule has 0 aliphatic heterocycles. The van der Waals surface area contributed by atoms with Crippen LogP contribution in [0.15, 0.2) is 71.6 Å². The van der Waals surface area contributed by atoms with Gasteiger partial charge in [-0.15, -0.1) is 5.54 Å². The van der Waals surface area contributed by atoms with E-state index in [1.807, 2.05) is 0 Å². The van der Waals surface area contributed by atoms with Gasteiger partial charge >= 0.3 is 0 Å². The fourth-order valence-corrected chi connectivity index (χ4v) is 5.99. The Morgan fingerprint density at radius 3 is 1.96 bits per heavy atom. The fourth-order valence-electron chi connectivity index (χ4n) is 2.66. The van der Waals surface area contributed by atoms with Gasteiger partial charge in [-0.3, -0.25) is 0 Å². The minimum Gasteiger partial charge on any atom is -0.126 e. The van der Waals surface area contributed by atoms with Crippen LogP contribution in [0.2, 0.25) is 18.1 Å². The predicted molar refractivity (Wildman–Crippen MR) is 112 cm³/mol. The molecule has 2 heteroatoms. The van der Waals surface area contributed by atoms with Crippen molar-refractivity contribution in [3.8, 4) is 11.5 Å². The zero-order chi connectivity index (χ0) is 17.3. The molecule has 124 valence electrons. The van der Waals surface area contributed by atoms with Crippen molar-refractivity contribution in [3.63, 3.8) is 0 Å². The zero-order valence-electron chi connectivity index (χ0n) is 14.9. The van der Waals surface area contributed by atoms with E-state index in [-0.39, 0.29) is 0 Å². The Morgan fingerprint density at radius 2 is 1.42 bits per heavy atom. The first-order chi connectivity index (χ1) is 11.7. The van der Waals surface area contributed by atoms with Gasteiger partial charge < -0.3 is 0 Å². The summed E-state index contributed by atoms with van der Waals surface area (Å²) in [5, 5.41) is 0. The Balaban J connectivity index is 2.33. The second-order valence-electron chi connectivity index (χ2n) is 5.90. The van der Waals surface area contributed by atoms with Gasteiger partial charge in [0.2, 0.25) is 0 Å². The van der Waals surface area contributed by atoms with Crippen LogP contribution < -0.4 is 0 Å². The van der Waals surface area contributed by atoms with Crippen LogP contribution in [0.5, 0.6) is 0 Å². The molecule has 0 N–H and O–H groups in total. The average molecular weight is 351 g/mol. The van der Waals surface area contributed by atoms with Gasteiger partial charge in [-0.05, 0) is 35.8 Å². The van der Waals surface area contributed by atoms with Crippen molar-refractivity contribution < 1.29 is 0 Å². The van der Waals surface area contributed by atoms with E-state index >= 15 is 0 Å². The van der Waals surface area contributed by atoms with E-state index in [2.05, 4.69) is 99.0 Å². The molecular formula is C22H26SSi. The minimum atomic E-state index is -1.39. The van der Waals surface area contributed by atoms with Crippen LogP contribution in [0.3, 0.4) is 0 Å². The highest BCUT2D eigenvalue weighted by atomic mass is 32.2. The molecule has 0 bridgehead atoms. The summed E-state index contributed by atoms with van der Waals surface area (Å²) < 4.78 is 0. The van der Waals surface area contributed by atoms with E-state index in [1.54, 1.807) is 11.8 Å². The highest BCUT2D eigenvalue weighted by Gasteiger charge is 2.23. The summed E-state index contributed by atoms with van der Waals surface area (Å²) in [5.41, 5.74) is 4.90. The Labute approximate surface area is 152 Å². The van der Waals surface area contributed by atoms with E-state index in [0.29, 0.717) is 0 Å². The molecule has 2 rings (SSSR count). The molecule has 0 amide bonds. The van der Waals surface area contributed by atoms with Crippen molar-refractivity contribution in [2.45, 2.75) is 43.8 Å². The molecule has 0 aliphatic carbocycles. The van der Waals surface area contributed by atoms with Gasteiger partial charge in [0.1, 0.15) is 8.07 Å². The lowest BCUT2D eigenvalue weighted by Gasteiger charge is -2.19. The zero-order valence-corrected chi connectivity index (χ0v) is 16.7. The van der Waals surface area contributed by atoms with Gasteiger partial charge in [0.25, 0.3) is 0 Å². The first-order valence-corrected chi connectivity index (χ1v) is 12.2. The van der Waals surface area contributed by atoms with E-state index in [9.17, 15) is 0 Å². The van der Waals surface area contributed by atoms with Gasteiger partial charge in [-0.2, -0.15) is 0 Å². The minimum absolute atomic E-state index is 1.22. The maximum Gasteiger partial charge on any atom is 0.138 e. The van der Waals surface area contributed by atoms with Gasteiger partial charge in [0.15, 0.2) is 0 Å². The Kier molecular flexibility index (Phi) is 7.43. The predicted octanol–water partition coefficient (Wildman–Crippen LogP) is 6.87. The third-order valence-corrected chi connectivity index (χ3v) is 10.4. The lowest BCUT2D eigenvalue weighted by molar-refractivity contribution is 1.20. The van der Waals surface area contributed by atoms with Crippen molar-refractivity contribution in [3.05, 3.63) is 72.3 Å². The Morgan fingerprint density at radius 1 is 0.875 bits per heavy atom. The fraction of sp³-hybridized carbons (Fsp3) is 0.273. The molecule has 2 aromatic carbocycles. The lowest BCUT2D eigenvalue weighted by atomic mass is 10.2. The molecule has 0 radical (unpaired) electrons. The average Bonchev–Trinajstić information content (AvgIpc) is 2.66. The summed E-state index contributed by atoms with van der Waals surface area (Å²) in [6, 6.07) is 24.8. The summed E-state index contributed by atoms with van der Waals surface area (Å²) in [4.78, 5) is 2.47. The first-order valence-electron chi connectivity index (χ1n) is 8.74. The molecule has 0 heterocycles. The van der Waals surface area contributed by atoms with Crippen molar-refractivity contribution in [1.82, 2.24) is 0 Å². The number of benzene rings is 2. The van der Waals surface area contributed by atoms with Crippen LogP contribution >= 0.6 is 11.8 Å². The summed E-state index contributed by atoms with van der Waals surface area (Å²) in [6.07, 6.45) is 2.12. The smallest absolute Gasteiger partial charge is 0.126 e. The second-order valence-corrected chi connectivity index (χ2v) is 11.9. The van der Waals surface area contributed by atoms with Crippen LogP contribution in [0.25, 0.3) is 4.91 Å². The highest BCUT2D eigenvalue weighted by molar-refractivity contribution is 8.08. The largest absolute Gasteiger partial charge is 0.138 e. The number of allylic oxidation sites excluding steroid dienone is 1. The number of rotatable bonds is 6. The normalized spacial score (nSPS) is 11.7. The summed E-state index contributed by atoms with van der Waals surface area (Å²) in [7, 11) is -1.39. The monoisotopic (exact) mass is 350 g/mol. The molecule has 0 spiro atoms. The molecule has 24 heavy (non-hydrogen) atoms.